The largest absolute Gasteiger partial charge is 0.214 e. The van der Waals surface area contributed by atoms with Crippen molar-refractivity contribution < 1.29 is 8.42 Å². The van der Waals surface area contributed by atoms with Gasteiger partial charge < -0.3 is 0 Å². The first-order chi connectivity index (χ1) is 6.06. The molecule has 1 heterocycles. The van der Waals surface area contributed by atoms with Gasteiger partial charge in [-0.3, -0.25) is 0 Å². The molecule has 0 aromatic carbocycles. The van der Waals surface area contributed by atoms with Crippen LogP contribution in [-0.2, 0) is 10.0 Å². The Morgan fingerprint density at radius 1 is 1.62 bits per heavy atom. The molecule has 1 rings (SSSR count). The molecule has 1 aliphatic rings. The molecule has 0 bridgehead atoms. The summed E-state index contributed by atoms with van der Waals surface area (Å²) in [4.78, 5) is 0. The van der Waals surface area contributed by atoms with Crippen molar-refractivity contribution in [1.82, 2.24) is 4.31 Å². The second-order valence-corrected chi connectivity index (χ2v) is 5.69. The van der Waals surface area contributed by atoms with Gasteiger partial charge in [-0.25, -0.2) is 12.7 Å². The molecule has 3 nitrogen and oxygen atoms in total. The monoisotopic (exact) mass is 203 g/mol. The van der Waals surface area contributed by atoms with Gasteiger partial charge in [0.05, 0.1) is 5.75 Å². The molecule has 13 heavy (non-hydrogen) atoms. The Bertz CT molecular complexity index is 271. The molecule has 4 heteroatoms. The highest BCUT2D eigenvalue weighted by Crippen LogP contribution is 2.19. The molecule has 0 radical (unpaired) electrons. The van der Waals surface area contributed by atoms with E-state index in [0.29, 0.717) is 18.8 Å². The Balaban J connectivity index is 2.46. The number of sulfonamides is 1. The quantitative estimate of drug-likeness (QED) is 0.509. The summed E-state index contributed by atoms with van der Waals surface area (Å²) in [6, 6.07) is 0. The van der Waals surface area contributed by atoms with Crippen LogP contribution >= 0.6 is 0 Å². The van der Waals surface area contributed by atoms with E-state index in [1.807, 2.05) is 13.0 Å². The molecule has 0 aromatic heterocycles. The lowest BCUT2D eigenvalue weighted by atomic mass is 10.2. The summed E-state index contributed by atoms with van der Waals surface area (Å²) in [5, 5.41) is 0. The van der Waals surface area contributed by atoms with E-state index in [9.17, 15) is 8.42 Å². The summed E-state index contributed by atoms with van der Waals surface area (Å²) >= 11 is 0. The summed E-state index contributed by atoms with van der Waals surface area (Å²) in [5.41, 5.74) is 0. The van der Waals surface area contributed by atoms with Gasteiger partial charge in [-0.2, -0.15) is 0 Å². The first-order valence-corrected chi connectivity index (χ1v) is 6.26. The summed E-state index contributed by atoms with van der Waals surface area (Å²) in [6.45, 7) is 6.93. The van der Waals surface area contributed by atoms with Crippen molar-refractivity contribution in [2.45, 2.75) is 19.8 Å². The predicted octanol–water partition coefficient (Wildman–Crippen LogP) is 1.23. The molecule has 76 valence electrons. The van der Waals surface area contributed by atoms with E-state index < -0.39 is 10.0 Å². The number of hydrogen-bond donors (Lipinski definition) is 0. The minimum Gasteiger partial charge on any atom is -0.212 e. The average molecular weight is 203 g/mol. The lowest BCUT2D eigenvalue weighted by molar-refractivity contribution is 0.408. The van der Waals surface area contributed by atoms with Gasteiger partial charge in [0.25, 0.3) is 0 Å². The molecule has 0 spiro atoms. The lowest BCUT2D eigenvalue weighted by Gasteiger charge is -2.13. The summed E-state index contributed by atoms with van der Waals surface area (Å²) in [5.74, 6) is 0.606. The third-order valence-corrected chi connectivity index (χ3v) is 4.33. The smallest absolute Gasteiger partial charge is 0.212 e. The van der Waals surface area contributed by atoms with E-state index in [0.717, 1.165) is 12.8 Å². The van der Waals surface area contributed by atoms with Crippen molar-refractivity contribution in [3.05, 3.63) is 12.7 Å². The Hall–Kier alpha value is -0.350. The number of rotatable bonds is 4. The molecule has 0 amide bonds. The molecular formula is C9H17NO2S. The van der Waals surface area contributed by atoms with E-state index in [1.54, 1.807) is 4.31 Å². The SMILES string of the molecule is C=CCCCN1CC(C)CS1(=O)=O. The van der Waals surface area contributed by atoms with Crippen LogP contribution in [0, 0.1) is 5.92 Å². The normalized spacial score (nSPS) is 27.6. The van der Waals surface area contributed by atoms with Gasteiger partial charge in [0.1, 0.15) is 0 Å². The fourth-order valence-corrected chi connectivity index (χ4v) is 3.55. The highest BCUT2D eigenvalue weighted by Gasteiger charge is 2.32. The Morgan fingerprint density at radius 2 is 2.31 bits per heavy atom. The molecule has 1 saturated heterocycles. The van der Waals surface area contributed by atoms with Crippen LogP contribution in [0.25, 0.3) is 0 Å². The van der Waals surface area contributed by atoms with Gasteiger partial charge in [-0.1, -0.05) is 13.0 Å². The maximum atomic E-state index is 11.5. The first kappa shape index (κ1) is 10.7. The van der Waals surface area contributed by atoms with Crippen LogP contribution in [0.15, 0.2) is 12.7 Å². The molecule has 0 N–H and O–H groups in total. The maximum absolute atomic E-state index is 11.5. The van der Waals surface area contributed by atoms with Gasteiger partial charge >= 0.3 is 0 Å². The molecular weight excluding hydrogens is 186 g/mol. The zero-order valence-electron chi connectivity index (χ0n) is 8.07. The standard InChI is InChI=1S/C9H17NO2S/c1-3-4-5-6-10-7-9(2)8-13(10,11)12/h3,9H,1,4-8H2,2H3. The van der Waals surface area contributed by atoms with Crippen LogP contribution in [0.5, 0.6) is 0 Å². The van der Waals surface area contributed by atoms with Gasteiger partial charge in [0.15, 0.2) is 0 Å². The highest BCUT2D eigenvalue weighted by atomic mass is 32.2. The number of allylic oxidation sites excluding steroid dienone is 1. The second-order valence-electron chi connectivity index (χ2n) is 3.67. The first-order valence-electron chi connectivity index (χ1n) is 4.65. The Kier molecular flexibility index (Phi) is 3.50. The zero-order chi connectivity index (χ0) is 9.90. The highest BCUT2D eigenvalue weighted by molar-refractivity contribution is 7.89. The van der Waals surface area contributed by atoms with Crippen LogP contribution in [0.1, 0.15) is 19.8 Å². The van der Waals surface area contributed by atoms with E-state index in [-0.39, 0.29) is 5.92 Å². The minimum atomic E-state index is -2.92. The topological polar surface area (TPSA) is 37.4 Å². The zero-order valence-corrected chi connectivity index (χ0v) is 8.89. The number of hydrogen-bond acceptors (Lipinski definition) is 2. The fraction of sp³-hybridized carbons (Fsp3) is 0.778. The van der Waals surface area contributed by atoms with Crippen LogP contribution in [0.2, 0.25) is 0 Å². The minimum absolute atomic E-state index is 0.286. The van der Waals surface area contributed by atoms with Crippen LogP contribution < -0.4 is 0 Å². The molecule has 0 aromatic rings. The fourth-order valence-electron chi connectivity index (χ4n) is 1.62. The molecule has 1 fully saturated rings. The van der Waals surface area contributed by atoms with E-state index in [1.165, 1.54) is 0 Å². The summed E-state index contributed by atoms with van der Waals surface area (Å²) < 4.78 is 24.5. The molecule has 0 aliphatic carbocycles. The van der Waals surface area contributed by atoms with Crippen molar-refractivity contribution in [2.75, 3.05) is 18.8 Å². The van der Waals surface area contributed by atoms with Crippen LogP contribution in [-0.4, -0.2) is 31.6 Å². The van der Waals surface area contributed by atoms with Gasteiger partial charge in [0, 0.05) is 13.1 Å². The average Bonchev–Trinajstić information content (AvgIpc) is 2.25. The maximum Gasteiger partial charge on any atom is 0.214 e. The number of unbranched alkanes of at least 4 members (excludes halogenated alkanes) is 1. The van der Waals surface area contributed by atoms with Gasteiger partial charge in [0.2, 0.25) is 10.0 Å². The van der Waals surface area contributed by atoms with Crippen molar-refractivity contribution in [2.24, 2.45) is 5.92 Å². The van der Waals surface area contributed by atoms with Crippen molar-refractivity contribution in [3.8, 4) is 0 Å². The Morgan fingerprint density at radius 3 is 2.77 bits per heavy atom. The predicted molar refractivity (Wildman–Crippen MR) is 54.0 cm³/mol. The molecule has 1 atom stereocenters. The molecule has 1 unspecified atom stereocenters. The second kappa shape index (κ2) is 4.24. The third kappa shape index (κ3) is 2.81. The van der Waals surface area contributed by atoms with Crippen LogP contribution in [0.3, 0.4) is 0 Å². The van der Waals surface area contributed by atoms with Gasteiger partial charge in [-0.05, 0) is 18.8 Å². The van der Waals surface area contributed by atoms with E-state index in [2.05, 4.69) is 6.58 Å². The van der Waals surface area contributed by atoms with Crippen molar-refractivity contribution in [1.29, 1.82) is 0 Å². The number of nitrogens with zero attached hydrogens (tertiary/aromatic N) is 1. The third-order valence-electron chi connectivity index (χ3n) is 2.22. The summed E-state index contributed by atoms with van der Waals surface area (Å²) in [6.07, 6.45) is 3.60. The van der Waals surface area contributed by atoms with E-state index in [4.69, 9.17) is 0 Å². The van der Waals surface area contributed by atoms with Crippen LogP contribution in [0.4, 0.5) is 0 Å². The van der Waals surface area contributed by atoms with Gasteiger partial charge in [-0.15, -0.1) is 6.58 Å². The molecule has 0 saturated carbocycles. The van der Waals surface area contributed by atoms with Crippen molar-refractivity contribution in [3.63, 3.8) is 0 Å². The van der Waals surface area contributed by atoms with E-state index >= 15 is 0 Å². The molecule has 1 aliphatic heterocycles. The summed E-state index contributed by atoms with van der Waals surface area (Å²) in [7, 11) is -2.92. The lowest BCUT2D eigenvalue weighted by Crippen LogP contribution is -2.26. The Labute approximate surface area is 80.5 Å². The van der Waals surface area contributed by atoms with Crippen molar-refractivity contribution >= 4 is 10.0 Å².